The molecule has 1 fully saturated rings. The van der Waals surface area contributed by atoms with Crippen LogP contribution in [0.25, 0.3) is 0 Å². The normalized spacial score (nSPS) is 27.3. The van der Waals surface area contributed by atoms with Crippen molar-refractivity contribution in [2.45, 2.75) is 71.3 Å². The van der Waals surface area contributed by atoms with Gasteiger partial charge < -0.3 is 19.5 Å². The average Bonchev–Trinajstić information content (AvgIpc) is 2.32. The van der Waals surface area contributed by atoms with Gasteiger partial charge in [-0.05, 0) is 47.1 Å². The Labute approximate surface area is 118 Å². The fourth-order valence-electron chi connectivity index (χ4n) is 2.24. The molecule has 1 rings (SSSR count). The topological polar surface area (TPSA) is 39.7 Å². The Morgan fingerprint density at radius 3 is 2.42 bits per heavy atom. The predicted molar refractivity (Wildman–Crippen MR) is 77.6 cm³/mol. The first kappa shape index (κ1) is 16.9. The van der Waals surface area contributed by atoms with Crippen molar-refractivity contribution in [1.29, 1.82) is 0 Å². The molecule has 4 nitrogen and oxygen atoms in total. The van der Waals surface area contributed by atoms with Gasteiger partial charge in [0.05, 0.1) is 31.0 Å². The van der Waals surface area contributed by atoms with Crippen molar-refractivity contribution in [1.82, 2.24) is 5.32 Å². The van der Waals surface area contributed by atoms with E-state index in [9.17, 15) is 0 Å². The summed E-state index contributed by atoms with van der Waals surface area (Å²) in [6.45, 7) is 13.5. The van der Waals surface area contributed by atoms with Gasteiger partial charge in [-0.15, -0.1) is 0 Å². The summed E-state index contributed by atoms with van der Waals surface area (Å²) in [5, 5.41) is 3.51. The van der Waals surface area contributed by atoms with E-state index in [1.165, 1.54) is 0 Å². The molecule has 0 bridgehead atoms. The summed E-state index contributed by atoms with van der Waals surface area (Å²) in [6, 6.07) is 0.452. The molecule has 0 radical (unpaired) electrons. The molecule has 1 aliphatic carbocycles. The van der Waals surface area contributed by atoms with E-state index in [1.807, 2.05) is 6.92 Å². The summed E-state index contributed by atoms with van der Waals surface area (Å²) < 4.78 is 17.3. The van der Waals surface area contributed by atoms with Gasteiger partial charge in [-0.3, -0.25) is 0 Å². The Balaban J connectivity index is 2.19. The summed E-state index contributed by atoms with van der Waals surface area (Å²) in [5.41, 5.74) is -0.0898. The van der Waals surface area contributed by atoms with E-state index >= 15 is 0 Å². The molecule has 0 saturated heterocycles. The summed E-state index contributed by atoms with van der Waals surface area (Å²) in [4.78, 5) is 0. The van der Waals surface area contributed by atoms with Crippen LogP contribution in [0.15, 0.2) is 0 Å². The summed E-state index contributed by atoms with van der Waals surface area (Å²) in [7, 11) is 0. The van der Waals surface area contributed by atoms with E-state index in [2.05, 4.69) is 33.0 Å². The van der Waals surface area contributed by atoms with E-state index in [0.29, 0.717) is 19.3 Å². The van der Waals surface area contributed by atoms with E-state index in [4.69, 9.17) is 14.2 Å². The van der Waals surface area contributed by atoms with Crippen LogP contribution in [0.4, 0.5) is 0 Å². The molecular formula is C15H31NO3. The zero-order chi connectivity index (χ0) is 14.3. The van der Waals surface area contributed by atoms with Crippen molar-refractivity contribution in [2.24, 2.45) is 0 Å². The van der Waals surface area contributed by atoms with Crippen LogP contribution >= 0.6 is 0 Å². The van der Waals surface area contributed by atoms with Crippen LogP contribution in [0.3, 0.4) is 0 Å². The minimum Gasteiger partial charge on any atom is -0.374 e. The maximum Gasteiger partial charge on any atom is 0.0990 e. The molecule has 0 amide bonds. The summed E-state index contributed by atoms with van der Waals surface area (Å²) in [6.07, 6.45) is 2.62. The van der Waals surface area contributed by atoms with E-state index in [0.717, 1.165) is 26.0 Å². The van der Waals surface area contributed by atoms with Crippen molar-refractivity contribution >= 4 is 0 Å². The van der Waals surface area contributed by atoms with Crippen molar-refractivity contribution in [3.63, 3.8) is 0 Å². The highest BCUT2D eigenvalue weighted by Gasteiger charge is 2.42. The van der Waals surface area contributed by atoms with Gasteiger partial charge in [-0.25, -0.2) is 0 Å². The van der Waals surface area contributed by atoms with Crippen LogP contribution in [-0.2, 0) is 14.2 Å². The maximum atomic E-state index is 5.86. The summed E-state index contributed by atoms with van der Waals surface area (Å²) >= 11 is 0. The molecule has 0 aromatic heterocycles. The lowest BCUT2D eigenvalue weighted by molar-refractivity contribution is -0.156. The fourth-order valence-corrected chi connectivity index (χ4v) is 2.24. The molecule has 0 aliphatic heterocycles. The molecule has 1 N–H and O–H groups in total. The maximum absolute atomic E-state index is 5.86. The monoisotopic (exact) mass is 273 g/mol. The van der Waals surface area contributed by atoms with Crippen molar-refractivity contribution in [3.05, 3.63) is 0 Å². The second-order valence-corrected chi connectivity index (χ2v) is 6.09. The number of hydrogen-bond acceptors (Lipinski definition) is 4. The van der Waals surface area contributed by atoms with Crippen LogP contribution in [0, 0.1) is 0 Å². The molecule has 1 saturated carbocycles. The minimum absolute atomic E-state index is 0.0898. The first-order chi connectivity index (χ1) is 8.98. The Hall–Kier alpha value is -0.160. The lowest BCUT2D eigenvalue weighted by Crippen LogP contribution is -2.60. The van der Waals surface area contributed by atoms with Gasteiger partial charge in [-0.2, -0.15) is 0 Å². The number of ether oxygens (including phenoxy) is 3. The Morgan fingerprint density at radius 1 is 1.11 bits per heavy atom. The molecule has 3 unspecified atom stereocenters. The first-order valence-electron chi connectivity index (χ1n) is 7.58. The second-order valence-electron chi connectivity index (χ2n) is 6.09. The molecule has 0 aromatic carbocycles. The van der Waals surface area contributed by atoms with Crippen molar-refractivity contribution < 1.29 is 14.2 Å². The highest BCUT2D eigenvalue weighted by molar-refractivity contribution is 4.97. The quantitative estimate of drug-likeness (QED) is 0.655. The third kappa shape index (κ3) is 6.21. The smallest absolute Gasteiger partial charge is 0.0990 e. The Bertz CT molecular complexity index is 240. The SMILES string of the molecule is CCCNC1CC(OCCOC(C)(C)C)C1OCC. The first-order valence-corrected chi connectivity index (χ1v) is 7.58. The molecule has 19 heavy (non-hydrogen) atoms. The highest BCUT2D eigenvalue weighted by Crippen LogP contribution is 2.27. The number of nitrogens with one attached hydrogen (secondary N) is 1. The van der Waals surface area contributed by atoms with Crippen LogP contribution in [0.2, 0.25) is 0 Å². The van der Waals surface area contributed by atoms with E-state index < -0.39 is 0 Å². The van der Waals surface area contributed by atoms with Crippen LogP contribution in [0.1, 0.15) is 47.5 Å². The van der Waals surface area contributed by atoms with E-state index in [-0.39, 0.29) is 17.8 Å². The van der Waals surface area contributed by atoms with Gasteiger partial charge in [0.15, 0.2) is 0 Å². The lowest BCUT2D eigenvalue weighted by atomic mass is 9.85. The Kier molecular flexibility index (Phi) is 7.29. The molecule has 0 heterocycles. The molecule has 3 atom stereocenters. The summed E-state index contributed by atoms with van der Waals surface area (Å²) in [5.74, 6) is 0. The highest BCUT2D eigenvalue weighted by atomic mass is 16.6. The predicted octanol–water partition coefficient (Wildman–Crippen LogP) is 2.36. The zero-order valence-corrected chi connectivity index (χ0v) is 13.2. The van der Waals surface area contributed by atoms with Gasteiger partial charge in [-0.1, -0.05) is 6.92 Å². The van der Waals surface area contributed by atoms with Gasteiger partial charge in [0, 0.05) is 12.6 Å². The Morgan fingerprint density at radius 2 is 1.84 bits per heavy atom. The molecule has 1 aliphatic rings. The average molecular weight is 273 g/mol. The largest absolute Gasteiger partial charge is 0.374 e. The van der Waals surface area contributed by atoms with Crippen molar-refractivity contribution in [2.75, 3.05) is 26.4 Å². The second kappa shape index (κ2) is 8.20. The third-order valence-electron chi connectivity index (χ3n) is 3.22. The van der Waals surface area contributed by atoms with Crippen LogP contribution in [-0.4, -0.2) is 50.2 Å². The van der Waals surface area contributed by atoms with Gasteiger partial charge in [0.1, 0.15) is 0 Å². The standard InChI is InChI=1S/C15H31NO3/c1-6-8-16-12-11-13(14(12)17-7-2)18-9-10-19-15(3,4)5/h12-14,16H,6-11H2,1-5H3. The molecule has 0 aromatic rings. The lowest BCUT2D eigenvalue weighted by Gasteiger charge is -2.44. The van der Waals surface area contributed by atoms with Crippen molar-refractivity contribution in [3.8, 4) is 0 Å². The number of rotatable bonds is 9. The molecule has 114 valence electrons. The molecule has 4 heteroatoms. The fraction of sp³-hybridized carbons (Fsp3) is 1.00. The van der Waals surface area contributed by atoms with E-state index in [1.54, 1.807) is 0 Å². The van der Waals surface area contributed by atoms with Gasteiger partial charge in [0.2, 0.25) is 0 Å². The van der Waals surface area contributed by atoms with Crippen LogP contribution < -0.4 is 5.32 Å². The zero-order valence-electron chi connectivity index (χ0n) is 13.2. The molecular weight excluding hydrogens is 242 g/mol. The molecule has 0 spiro atoms. The number of hydrogen-bond donors (Lipinski definition) is 1. The van der Waals surface area contributed by atoms with Gasteiger partial charge in [0.25, 0.3) is 0 Å². The van der Waals surface area contributed by atoms with Crippen LogP contribution in [0.5, 0.6) is 0 Å². The van der Waals surface area contributed by atoms with Gasteiger partial charge >= 0.3 is 0 Å². The third-order valence-corrected chi connectivity index (χ3v) is 3.22. The minimum atomic E-state index is -0.0898.